The van der Waals surface area contributed by atoms with Crippen LogP contribution in [0.15, 0.2) is 29.2 Å². The maximum absolute atomic E-state index is 12.9. The van der Waals surface area contributed by atoms with Gasteiger partial charge in [0.2, 0.25) is 15.9 Å². The van der Waals surface area contributed by atoms with Crippen LogP contribution in [0.1, 0.15) is 65.9 Å². The highest BCUT2D eigenvalue weighted by molar-refractivity contribution is 7.89. The van der Waals surface area contributed by atoms with Gasteiger partial charge < -0.3 is 5.32 Å². The number of piperidine rings is 1. The quantitative estimate of drug-likeness (QED) is 0.642. The summed E-state index contributed by atoms with van der Waals surface area (Å²) in [6.07, 6.45) is 1.13. The van der Waals surface area contributed by atoms with Crippen molar-refractivity contribution in [3.63, 3.8) is 0 Å². The van der Waals surface area contributed by atoms with Gasteiger partial charge in [0.1, 0.15) is 0 Å². The Bertz CT molecular complexity index is 772. The van der Waals surface area contributed by atoms with Gasteiger partial charge in [-0.15, -0.1) is 0 Å². The minimum Gasteiger partial charge on any atom is -0.355 e. The van der Waals surface area contributed by atoms with Crippen molar-refractivity contribution in [2.45, 2.75) is 77.3 Å². The smallest absolute Gasteiger partial charge is 0.243 e. The maximum Gasteiger partial charge on any atom is 0.243 e. The van der Waals surface area contributed by atoms with Crippen LogP contribution >= 0.6 is 0 Å². The summed E-state index contributed by atoms with van der Waals surface area (Å²) in [5, 5.41) is 3.05. The second-order valence-electron chi connectivity index (χ2n) is 9.12. The molecule has 1 fully saturated rings. The molecule has 30 heavy (non-hydrogen) atoms. The number of nitrogens with one attached hydrogen (secondary N) is 1. The first kappa shape index (κ1) is 24.8. The predicted octanol–water partition coefficient (Wildman–Crippen LogP) is 3.45. The molecule has 6 nitrogen and oxygen atoms in total. The molecule has 0 aliphatic carbocycles. The third-order valence-electron chi connectivity index (χ3n) is 6.01. The molecule has 1 amide bonds. The molecule has 1 N–H and O–H groups in total. The van der Waals surface area contributed by atoms with Gasteiger partial charge in [-0.2, -0.15) is 4.31 Å². The fourth-order valence-electron chi connectivity index (χ4n) is 4.10. The van der Waals surface area contributed by atoms with Crippen molar-refractivity contribution in [1.82, 2.24) is 14.5 Å². The van der Waals surface area contributed by atoms with Gasteiger partial charge >= 0.3 is 0 Å². The molecule has 1 aromatic rings. The Morgan fingerprint density at radius 1 is 1.03 bits per heavy atom. The minimum absolute atomic E-state index is 0.0424. The molecule has 170 valence electrons. The van der Waals surface area contributed by atoms with Crippen LogP contribution in [0.25, 0.3) is 0 Å². The topological polar surface area (TPSA) is 69.7 Å². The normalized spacial score (nSPS) is 16.7. The van der Waals surface area contributed by atoms with E-state index in [0.717, 1.165) is 12.1 Å². The molecule has 1 saturated heterocycles. The summed E-state index contributed by atoms with van der Waals surface area (Å²) in [7, 11) is -3.51. The molecule has 0 bridgehead atoms. The third kappa shape index (κ3) is 6.28. The van der Waals surface area contributed by atoms with Gasteiger partial charge in [-0.1, -0.05) is 26.0 Å². The highest BCUT2D eigenvalue weighted by Gasteiger charge is 2.32. The van der Waals surface area contributed by atoms with E-state index < -0.39 is 10.0 Å². The molecule has 0 atom stereocenters. The first-order chi connectivity index (χ1) is 14.0. The second kappa shape index (κ2) is 10.7. The fourth-order valence-corrected chi connectivity index (χ4v) is 5.57. The van der Waals surface area contributed by atoms with E-state index in [9.17, 15) is 13.2 Å². The molecule has 7 heteroatoms. The first-order valence-corrected chi connectivity index (χ1v) is 12.6. The fraction of sp³-hybridized carbons (Fsp3) is 0.696. The predicted molar refractivity (Wildman–Crippen MR) is 122 cm³/mol. The number of carbonyl (C=O) groups excluding carboxylic acids is 1. The summed E-state index contributed by atoms with van der Waals surface area (Å²) in [6, 6.07) is 8.03. The summed E-state index contributed by atoms with van der Waals surface area (Å²) in [5.41, 5.74) is 1.12. The summed E-state index contributed by atoms with van der Waals surface area (Å²) >= 11 is 0. The Kier molecular flexibility index (Phi) is 8.88. The van der Waals surface area contributed by atoms with E-state index in [4.69, 9.17) is 0 Å². The van der Waals surface area contributed by atoms with Crippen molar-refractivity contribution in [2.75, 3.05) is 26.2 Å². The average molecular weight is 438 g/mol. The van der Waals surface area contributed by atoms with Crippen LogP contribution in [0.3, 0.4) is 0 Å². The first-order valence-electron chi connectivity index (χ1n) is 11.2. The lowest BCUT2D eigenvalue weighted by Gasteiger charge is -2.32. The maximum atomic E-state index is 12.9. The average Bonchev–Trinajstić information content (AvgIpc) is 2.70. The molecule has 0 spiro atoms. The molecule has 0 radical (unpaired) electrons. The zero-order valence-electron chi connectivity index (χ0n) is 19.4. The molecule has 0 unspecified atom stereocenters. The van der Waals surface area contributed by atoms with Crippen molar-refractivity contribution in [3.05, 3.63) is 29.8 Å². The Balaban J connectivity index is 1.87. The van der Waals surface area contributed by atoms with E-state index >= 15 is 0 Å². The molecule has 2 rings (SSSR count). The van der Waals surface area contributed by atoms with Crippen molar-refractivity contribution in [3.8, 4) is 0 Å². The molecule has 1 aromatic carbocycles. The largest absolute Gasteiger partial charge is 0.355 e. The SMILES string of the molecule is CC(C)c1ccc(S(=O)(=O)N2CCC(C(=O)NCCN(C(C)C)C(C)C)CC2)cc1. The van der Waals surface area contributed by atoms with Crippen molar-refractivity contribution < 1.29 is 13.2 Å². The van der Waals surface area contributed by atoms with Gasteiger partial charge in [-0.3, -0.25) is 9.69 Å². The van der Waals surface area contributed by atoms with Gasteiger partial charge in [-0.05, 0) is 64.2 Å². The van der Waals surface area contributed by atoms with Gasteiger partial charge in [0.25, 0.3) is 0 Å². The number of carbonyl (C=O) groups is 1. The van der Waals surface area contributed by atoms with E-state index in [0.29, 0.717) is 55.4 Å². The van der Waals surface area contributed by atoms with E-state index in [1.807, 2.05) is 12.1 Å². The van der Waals surface area contributed by atoms with Crippen LogP contribution in [0.2, 0.25) is 0 Å². The van der Waals surface area contributed by atoms with E-state index in [2.05, 4.69) is 51.8 Å². The summed E-state index contributed by atoms with van der Waals surface area (Å²) in [4.78, 5) is 15.2. The Morgan fingerprint density at radius 2 is 1.57 bits per heavy atom. The molecule has 0 saturated carbocycles. The highest BCUT2D eigenvalue weighted by Crippen LogP contribution is 2.25. The van der Waals surface area contributed by atoms with E-state index in [1.54, 1.807) is 12.1 Å². The number of hydrogen-bond donors (Lipinski definition) is 1. The summed E-state index contributed by atoms with van der Waals surface area (Å²) in [5.74, 6) is 0.288. The van der Waals surface area contributed by atoms with E-state index in [1.165, 1.54) is 4.31 Å². The molecule has 1 aliphatic heterocycles. The van der Waals surface area contributed by atoms with Gasteiger partial charge in [-0.25, -0.2) is 8.42 Å². The van der Waals surface area contributed by atoms with Gasteiger partial charge in [0, 0.05) is 44.2 Å². The van der Waals surface area contributed by atoms with Gasteiger partial charge in [0.05, 0.1) is 4.90 Å². The van der Waals surface area contributed by atoms with Crippen LogP contribution in [0.5, 0.6) is 0 Å². The van der Waals surface area contributed by atoms with Crippen LogP contribution in [0, 0.1) is 5.92 Å². The standard InChI is InChI=1S/C23H39N3O3S/c1-17(2)20-7-9-22(10-8-20)30(28,29)25-14-11-21(12-15-25)23(27)24-13-16-26(18(3)4)19(5)6/h7-10,17-19,21H,11-16H2,1-6H3,(H,24,27). The highest BCUT2D eigenvalue weighted by atomic mass is 32.2. The molecule has 0 aromatic heterocycles. The molecular weight excluding hydrogens is 398 g/mol. The van der Waals surface area contributed by atoms with Crippen LogP contribution in [-0.2, 0) is 14.8 Å². The third-order valence-corrected chi connectivity index (χ3v) is 7.92. The van der Waals surface area contributed by atoms with Crippen molar-refractivity contribution in [1.29, 1.82) is 0 Å². The lowest BCUT2D eigenvalue weighted by molar-refractivity contribution is -0.126. The number of hydrogen-bond acceptors (Lipinski definition) is 4. The van der Waals surface area contributed by atoms with Crippen LogP contribution < -0.4 is 5.32 Å². The Morgan fingerprint density at radius 3 is 2.03 bits per heavy atom. The number of amides is 1. The molecule has 1 heterocycles. The van der Waals surface area contributed by atoms with E-state index in [-0.39, 0.29) is 11.8 Å². The number of rotatable bonds is 9. The number of nitrogens with zero attached hydrogens (tertiary/aromatic N) is 2. The monoisotopic (exact) mass is 437 g/mol. The van der Waals surface area contributed by atoms with Gasteiger partial charge in [0.15, 0.2) is 0 Å². The lowest BCUT2D eigenvalue weighted by atomic mass is 9.97. The Hall–Kier alpha value is -1.44. The second-order valence-corrected chi connectivity index (χ2v) is 11.1. The van der Waals surface area contributed by atoms with Crippen LogP contribution in [0.4, 0.5) is 0 Å². The number of sulfonamides is 1. The molecular formula is C23H39N3O3S. The molecule has 1 aliphatic rings. The zero-order chi connectivity index (χ0) is 22.5. The van der Waals surface area contributed by atoms with Crippen molar-refractivity contribution >= 4 is 15.9 Å². The number of benzene rings is 1. The zero-order valence-corrected chi connectivity index (χ0v) is 20.2. The Labute approximate surface area is 183 Å². The minimum atomic E-state index is -3.51. The summed E-state index contributed by atoms with van der Waals surface area (Å²) < 4.78 is 27.4. The van der Waals surface area contributed by atoms with Crippen molar-refractivity contribution in [2.24, 2.45) is 5.92 Å². The summed E-state index contributed by atoms with van der Waals surface area (Å²) in [6.45, 7) is 15.0. The lowest BCUT2D eigenvalue weighted by Crippen LogP contribution is -2.46. The van der Waals surface area contributed by atoms with Crippen LogP contribution in [-0.4, -0.2) is 61.8 Å².